The zero-order valence-corrected chi connectivity index (χ0v) is 9.26. The van der Waals surface area contributed by atoms with E-state index in [1.54, 1.807) is 0 Å². The predicted molar refractivity (Wildman–Crippen MR) is 58.0 cm³/mol. The number of benzene rings is 1. The van der Waals surface area contributed by atoms with Crippen LogP contribution in [0.4, 0.5) is 5.69 Å². The second-order valence-corrected chi connectivity index (χ2v) is 2.43. The van der Waals surface area contributed by atoms with Gasteiger partial charge in [-0.2, -0.15) is 0 Å². The van der Waals surface area contributed by atoms with E-state index in [4.69, 9.17) is 0 Å². The quantitative estimate of drug-likeness (QED) is 0.485. The second kappa shape index (κ2) is 6.39. The summed E-state index contributed by atoms with van der Waals surface area (Å²) < 4.78 is 4.63. The molecule has 88 valence electrons. The molecule has 1 aromatic carbocycles. The number of hydrogen-bond acceptors (Lipinski definition) is 5. The van der Waals surface area contributed by atoms with E-state index in [-0.39, 0.29) is 17.0 Å². The van der Waals surface area contributed by atoms with Crippen molar-refractivity contribution >= 4 is 12.0 Å². The van der Waals surface area contributed by atoms with Crippen molar-refractivity contribution in [2.24, 2.45) is 0 Å². The zero-order chi connectivity index (χ0) is 12.7. The SMILES string of the molecule is CC.COc1c([N+](=O)[O-])ccc(C=O)c1O. The summed E-state index contributed by atoms with van der Waals surface area (Å²) in [6.45, 7) is 4.00. The maximum Gasteiger partial charge on any atom is 0.314 e. The van der Waals surface area contributed by atoms with Crippen molar-refractivity contribution in [2.75, 3.05) is 7.11 Å². The summed E-state index contributed by atoms with van der Waals surface area (Å²) in [4.78, 5) is 20.1. The fraction of sp³-hybridized carbons (Fsp3) is 0.300. The summed E-state index contributed by atoms with van der Waals surface area (Å²) in [5.74, 6) is -0.823. The van der Waals surface area contributed by atoms with E-state index in [0.717, 1.165) is 12.1 Å². The molecule has 0 spiro atoms. The van der Waals surface area contributed by atoms with Gasteiger partial charge in [-0.1, -0.05) is 13.8 Å². The molecule has 0 aliphatic heterocycles. The first-order chi connectivity index (χ1) is 7.61. The van der Waals surface area contributed by atoms with Gasteiger partial charge in [0.25, 0.3) is 0 Å². The highest BCUT2D eigenvalue weighted by atomic mass is 16.6. The Morgan fingerprint density at radius 2 is 2.00 bits per heavy atom. The molecule has 6 heteroatoms. The molecular weight excluding hydrogens is 214 g/mol. The number of carbonyl (C=O) groups is 1. The number of aldehydes is 1. The van der Waals surface area contributed by atoms with Gasteiger partial charge in [-0.25, -0.2) is 0 Å². The number of ether oxygens (including phenoxy) is 1. The van der Waals surface area contributed by atoms with Crippen LogP contribution in [0.1, 0.15) is 24.2 Å². The smallest absolute Gasteiger partial charge is 0.314 e. The van der Waals surface area contributed by atoms with Gasteiger partial charge >= 0.3 is 5.69 Å². The van der Waals surface area contributed by atoms with Crippen molar-refractivity contribution in [2.45, 2.75) is 13.8 Å². The summed E-state index contributed by atoms with van der Waals surface area (Å²) in [5.41, 5.74) is -0.428. The van der Waals surface area contributed by atoms with Gasteiger partial charge in [0.05, 0.1) is 17.6 Å². The van der Waals surface area contributed by atoms with E-state index < -0.39 is 10.7 Å². The number of nitro groups is 1. The molecule has 1 rings (SSSR count). The van der Waals surface area contributed by atoms with Gasteiger partial charge in [0.15, 0.2) is 12.0 Å². The lowest BCUT2D eigenvalue weighted by molar-refractivity contribution is -0.385. The summed E-state index contributed by atoms with van der Waals surface area (Å²) in [7, 11) is 1.18. The van der Waals surface area contributed by atoms with E-state index in [0.29, 0.717) is 6.29 Å². The second-order valence-electron chi connectivity index (χ2n) is 2.43. The van der Waals surface area contributed by atoms with Gasteiger partial charge < -0.3 is 9.84 Å². The van der Waals surface area contributed by atoms with Crippen molar-refractivity contribution in [3.8, 4) is 11.5 Å². The van der Waals surface area contributed by atoms with E-state index in [1.807, 2.05) is 13.8 Å². The topological polar surface area (TPSA) is 89.7 Å². The van der Waals surface area contributed by atoms with Gasteiger partial charge in [0.2, 0.25) is 5.75 Å². The number of rotatable bonds is 3. The van der Waals surface area contributed by atoms with Gasteiger partial charge in [-0.3, -0.25) is 14.9 Å². The van der Waals surface area contributed by atoms with E-state index in [1.165, 1.54) is 7.11 Å². The van der Waals surface area contributed by atoms with E-state index in [2.05, 4.69) is 4.74 Å². The number of phenols is 1. The molecule has 1 aromatic rings. The van der Waals surface area contributed by atoms with Crippen LogP contribution in [0, 0.1) is 10.1 Å². The highest BCUT2D eigenvalue weighted by Gasteiger charge is 2.20. The third kappa shape index (κ3) is 2.69. The molecule has 0 radical (unpaired) electrons. The van der Waals surface area contributed by atoms with Gasteiger partial charge in [0, 0.05) is 6.07 Å². The Bertz CT molecular complexity index is 389. The molecule has 0 saturated carbocycles. The summed E-state index contributed by atoms with van der Waals surface area (Å²) in [5, 5.41) is 19.8. The Morgan fingerprint density at radius 3 is 2.38 bits per heavy atom. The first kappa shape index (κ1) is 13.9. The fourth-order valence-electron chi connectivity index (χ4n) is 1.02. The minimum Gasteiger partial charge on any atom is -0.504 e. The monoisotopic (exact) mass is 227 g/mol. The van der Waals surface area contributed by atoms with Gasteiger partial charge in [-0.05, 0) is 6.07 Å². The average Bonchev–Trinajstić information content (AvgIpc) is 2.31. The third-order valence-electron chi connectivity index (χ3n) is 1.67. The maximum atomic E-state index is 10.5. The lowest BCUT2D eigenvalue weighted by Crippen LogP contribution is -1.95. The Labute approximate surface area is 92.6 Å². The van der Waals surface area contributed by atoms with Crippen molar-refractivity contribution in [3.05, 3.63) is 27.8 Å². The van der Waals surface area contributed by atoms with Crippen molar-refractivity contribution in [1.82, 2.24) is 0 Å². The third-order valence-corrected chi connectivity index (χ3v) is 1.67. The Balaban J connectivity index is 0.00000106. The summed E-state index contributed by atoms with van der Waals surface area (Å²) in [6.07, 6.45) is 0.390. The maximum absolute atomic E-state index is 10.5. The van der Waals surface area contributed by atoms with E-state index >= 15 is 0 Å². The molecule has 0 heterocycles. The van der Waals surface area contributed by atoms with Crippen LogP contribution in [-0.4, -0.2) is 23.4 Å². The van der Waals surface area contributed by atoms with Crippen LogP contribution in [-0.2, 0) is 0 Å². The average molecular weight is 227 g/mol. The van der Waals surface area contributed by atoms with Crippen LogP contribution in [0.5, 0.6) is 11.5 Å². The highest BCUT2D eigenvalue weighted by Crippen LogP contribution is 2.37. The van der Waals surface area contributed by atoms with Crippen LogP contribution in [0.15, 0.2) is 12.1 Å². The summed E-state index contributed by atoms with van der Waals surface area (Å²) >= 11 is 0. The number of nitrogens with zero attached hydrogens (tertiary/aromatic N) is 1. The molecule has 0 aromatic heterocycles. The van der Waals surface area contributed by atoms with Crippen LogP contribution < -0.4 is 4.74 Å². The normalized spacial score (nSPS) is 8.69. The molecular formula is C10H13NO5. The van der Waals surface area contributed by atoms with Crippen LogP contribution in [0.25, 0.3) is 0 Å². The molecule has 0 atom stereocenters. The minimum atomic E-state index is -0.701. The number of hydrogen-bond donors (Lipinski definition) is 1. The number of nitro benzene ring substituents is 1. The molecule has 1 N–H and O–H groups in total. The predicted octanol–water partition coefficient (Wildman–Crippen LogP) is 2.15. The first-order valence-electron chi connectivity index (χ1n) is 4.61. The van der Waals surface area contributed by atoms with Crippen LogP contribution in [0.3, 0.4) is 0 Å². The van der Waals surface area contributed by atoms with Crippen molar-refractivity contribution in [3.63, 3.8) is 0 Å². The minimum absolute atomic E-state index is 0.0487. The number of aromatic hydroxyl groups is 1. The Hall–Kier alpha value is -2.11. The molecule has 0 saturated heterocycles. The highest BCUT2D eigenvalue weighted by molar-refractivity contribution is 5.82. The molecule has 0 aliphatic carbocycles. The molecule has 0 bridgehead atoms. The van der Waals surface area contributed by atoms with Crippen molar-refractivity contribution < 1.29 is 19.6 Å². The molecule has 16 heavy (non-hydrogen) atoms. The lowest BCUT2D eigenvalue weighted by atomic mass is 10.2. The number of phenolic OH excluding ortho intramolecular Hbond substituents is 1. The van der Waals surface area contributed by atoms with E-state index in [9.17, 15) is 20.0 Å². The number of methoxy groups -OCH3 is 1. The standard InChI is InChI=1S/C8H7NO5.C2H6/c1-14-8-6(9(12)13)3-2-5(4-10)7(8)11;1-2/h2-4,11H,1H3;1-2H3. The molecule has 0 aliphatic rings. The Kier molecular flexibility index (Phi) is 5.55. The van der Waals surface area contributed by atoms with Gasteiger partial charge in [-0.15, -0.1) is 0 Å². The molecule has 0 fully saturated rings. The lowest BCUT2D eigenvalue weighted by Gasteiger charge is -2.04. The van der Waals surface area contributed by atoms with Gasteiger partial charge in [0.1, 0.15) is 0 Å². The Morgan fingerprint density at radius 1 is 1.44 bits per heavy atom. The summed E-state index contributed by atoms with van der Waals surface area (Å²) in [6, 6.07) is 2.26. The largest absolute Gasteiger partial charge is 0.504 e. The molecule has 0 amide bonds. The van der Waals surface area contributed by atoms with Crippen LogP contribution in [0.2, 0.25) is 0 Å². The number of carbonyl (C=O) groups excluding carboxylic acids is 1. The van der Waals surface area contributed by atoms with Crippen molar-refractivity contribution in [1.29, 1.82) is 0 Å². The first-order valence-corrected chi connectivity index (χ1v) is 4.61. The molecule has 0 unspecified atom stereocenters. The fourth-order valence-corrected chi connectivity index (χ4v) is 1.02. The zero-order valence-electron chi connectivity index (χ0n) is 9.26. The van der Waals surface area contributed by atoms with Crippen LogP contribution >= 0.6 is 0 Å². The molecule has 6 nitrogen and oxygen atoms in total.